The zero-order valence-electron chi connectivity index (χ0n) is 18.3. The van der Waals surface area contributed by atoms with Crippen LogP contribution in [0.25, 0.3) is 0 Å². The van der Waals surface area contributed by atoms with Crippen LogP contribution in [0, 0.1) is 5.92 Å². The number of ether oxygens (including phenoxy) is 2. The lowest BCUT2D eigenvalue weighted by atomic mass is 10.1. The molecule has 2 amide bonds. The number of esters is 1. The minimum Gasteiger partial charge on any atom is -0.491 e. The standard InChI is InChI=1S/C24H28N2O5/c1-15(2)30-21-11-9-20(10-12-21)26-14-18(13-22(26)27)23(28)25-19-7-5-17(6-8-19)24(29)31-16(3)4/h5-12,15-16,18H,13-14H2,1-4H3,(H,25,28)/t18-/m0/s1. The van der Waals surface area contributed by atoms with Gasteiger partial charge in [0.1, 0.15) is 5.75 Å². The van der Waals surface area contributed by atoms with Crippen LogP contribution in [0.5, 0.6) is 5.75 Å². The Balaban J connectivity index is 1.59. The molecule has 0 unspecified atom stereocenters. The molecule has 1 heterocycles. The largest absolute Gasteiger partial charge is 0.491 e. The predicted molar refractivity (Wildman–Crippen MR) is 118 cm³/mol. The van der Waals surface area contributed by atoms with Crippen LogP contribution in [0.1, 0.15) is 44.5 Å². The first kappa shape index (κ1) is 22.3. The van der Waals surface area contributed by atoms with Crippen molar-refractivity contribution in [2.75, 3.05) is 16.8 Å². The molecular weight excluding hydrogens is 396 g/mol. The molecule has 1 aliphatic rings. The summed E-state index contributed by atoms with van der Waals surface area (Å²) in [4.78, 5) is 38.7. The first-order chi connectivity index (χ1) is 14.7. The van der Waals surface area contributed by atoms with Gasteiger partial charge in [-0.3, -0.25) is 9.59 Å². The third-order valence-electron chi connectivity index (χ3n) is 4.75. The SMILES string of the molecule is CC(C)OC(=O)c1ccc(NC(=O)[C@H]2CC(=O)N(c3ccc(OC(C)C)cc3)C2)cc1. The Morgan fingerprint density at radius 3 is 2.19 bits per heavy atom. The maximum atomic E-state index is 12.7. The maximum Gasteiger partial charge on any atom is 0.338 e. The molecule has 0 radical (unpaired) electrons. The van der Waals surface area contributed by atoms with Crippen molar-refractivity contribution in [2.45, 2.75) is 46.3 Å². The number of rotatable bonds is 7. The average molecular weight is 424 g/mol. The Hall–Kier alpha value is -3.35. The van der Waals surface area contributed by atoms with Gasteiger partial charge in [-0.15, -0.1) is 0 Å². The summed E-state index contributed by atoms with van der Waals surface area (Å²) in [5.74, 6) is -0.447. The molecule has 7 nitrogen and oxygen atoms in total. The van der Waals surface area contributed by atoms with Crippen molar-refractivity contribution in [3.05, 3.63) is 54.1 Å². The fourth-order valence-electron chi connectivity index (χ4n) is 3.33. The third kappa shape index (κ3) is 5.84. The second kappa shape index (κ2) is 9.64. The van der Waals surface area contributed by atoms with E-state index in [1.165, 1.54) is 0 Å². The van der Waals surface area contributed by atoms with Gasteiger partial charge in [0.25, 0.3) is 0 Å². The van der Waals surface area contributed by atoms with E-state index in [-0.39, 0.29) is 30.4 Å². The van der Waals surface area contributed by atoms with Crippen LogP contribution in [0.15, 0.2) is 48.5 Å². The summed E-state index contributed by atoms with van der Waals surface area (Å²) in [6, 6.07) is 13.8. The van der Waals surface area contributed by atoms with Gasteiger partial charge in [-0.05, 0) is 76.2 Å². The fourth-order valence-corrected chi connectivity index (χ4v) is 3.33. The molecule has 0 spiro atoms. The quantitative estimate of drug-likeness (QED) is 0.679. The highest BCUT2D eigenvalue weighted by Crippen LogP contribution is 2.28. The van der Waals surface area contributed by atoms with Crippen LogP contribution in [0.2, 0.25) is 0 Å². The van der Waals surface area contributed by atoms with Crippen molar-refractivity contribution in [3.63, 3.8) is 0 Å². The van der Waals surface area contributed by atoms with Gasteiger partial charge in [0.05, 0.1) is 23.7 Å². The molecule has 2 aromatic rings. The number of nitrogens with zero attached hydrogens (tertiary/aromatic N) is 1. The lowest BCUT2D eigenvalue weighted by Crippen LogP contribution is -2.28. The van der Waals surface area contributed by atoms with Crippen LogP contribution in [0.4, 0.5) is 11.4 Å². The predicted octanol–water partition coefficient (Wildman–Crippen LogP) is 4.03. The number of nitrogens with one attached hydrogen (secondary N) is 1. The Kier molecular flexibility index (Phi) is 6.95. The van der Waals surface area contributed by atoms with E-state index < -0.39 is 11.9 Å². The Morgan fingerprint density at radius 2 is 1.61 bits per heavy atom. The Bertz CT molecular complexity index is 935. The van der Waals surface area contributed by atoms with Crippen molar-refractivity contribution in [3.8, 4) is 5.75 Å². The van der Waals surface area contributed by atoms with Gasteiger partial charge in [0.2, 0.25) is 11.8 Å². The lowest BCUT2D eigenvalue weighted by Gasteiger charge is -2.18. The molecule has 1 atom stereocenters. The van der Waals surface area contributed by atoms with Crippen LogP contribution in [-0.4, -0.2) is 36.5 Å². The van der Waals surface area contributed by atoms with Gasteiger partial charge in [0, 0.05) is 24.3 Å². The molecule has 164 valence electrons. The van der Waals surface area contributed by atoms with Gasteiger partial charge >= 0.3 is 5.97 Å². The normalized spacial score (nSPS) is 16.0. The maximum absolute atomic E-state index is 12.7. The smallest absolute Gasteiger partial charge is 0.338 e. The number of hydrogen-bond acceptors (Lipinski definition) is 5. The van der Waals surface area contributed by atoms with Crippen molar-refractivity contribution in [2.24, 2.45) is 5.92 Å². The van der Waals surface area contributed by atoms with Crippen molar-refractivity contribution < 1.29 is 23.9 Å². The summed E-state index contributed by atoms with van der Waals surface area (Å²) in [7, 11) is 0. The fraction of sp³-hybridized carbons (Fsp3) is 0.375. The highest BCUT2D eigenvalue weighted by atomic mass is 16.5. The van der Waals surface area contributed by atoms with Gasteiger partial charge in [-0.1, -0.05) is 0 Å². The van der Waals surface area contributed by atoms with Crippen LogP contribution in [-0.2, 0) is 14.3 Å². The minimum atomic E-state index is -0.454. The summed E-state index contributed by atoms with van der Waals surface area (Å²) in [6.07, 6.45) is 0.0189. The Morgan fingerprint density at radius 1 is 0.968 bits per heavy atom. The molecule has 1 saturated heterocycles. The van der Waals surface area contributed by atoms with E-state index in [4.69, 9.17) is 9.47 Å². The molecule has 7 heteroatoms. The van der Waals surface area contributed by atoms with Crippen molar-refractivity contribution in [1.29, 1.82) is 0 Å². The molecule has 1 fully saturated rings. The highest BCUT2D eigenvalue weighted by molar-refractivity contribution is 6.03. The topological polar surface area (TPSA) is 84.9 Å². The number of hydrogen-bond donors (Lipinski definition) is 1. The van der Waals surface area contributed by atoms with Gasteiger partial charge in [-0.2, -0.15) is 0 Å². The zero-order chi connectivity index (χ0) is 22.5. The van der Waals surface area contributed by atoms with E-state index >= 15 is 0 Å². The van der Waals surface area contributed by atoms with Gasteiger partial charge < -0.3 is 19.7 Å². The third-order valence-corrected chi connectivity index (χ3v) is 4.75. The number of carbonyl (C=O) groups excluding carboxylic acids is 3. The average Bonchev–Trinajstić information content (AvgIpc) is 3.10. The lowest BCUT2D eigenvalue weighted by molar-refractivity contribution is -0.122. The number of anilines is 2. The molecule has 0 aromatic heterocycles. The molecule has 0 saturated carbocycles. The molecule has 31 heavy (non-hydrogen) atoms. The van der Waals surface area contributed by atoms with Crippen LogP contribution < -0.4 is 15.0 Å². The van der Waals surface area contributed by atoms with Crippen LogP contribution in [0.3, 0.4) is 0 Å². The monoisotopic (exact) mass is 424 g/mol. The summed E-state index contributed by atoms with van der Waals surface area (Å²) in [6.45, 7) is 7.78. The second-order valence-corrected chi connectivity index (χ2v) is 8.09. The zero-order valence-corrected chi connectivity index (χ0v) is 18.3. The van der Waals surface area contributed by atoms with Gasteiger partial charge in [-0.25, -0.2) is 4.79 Å². The molecule has 1 aliphatic heterocycles. The summed E-state index contributed by atoms with van der Waals surface area (Å²) in [5.41, 5.74) is 1.72. The summed E-state index contributed by atoms with van der Waals surface area (Å²) in [5, 5.41) is 2.82. The summed E-state index contributed by atoms with van der Waals surface area (Å²) >= 11 is 0. The van der Waals surface area contributed by atoms with E-state index in [2.05, 4.69) is 5.32 Å². The van der Waals surface area contributed by atoms with Crippen LogP contribution >= 0.6 is 0 Å². The number of amides is 2. The first-order valence-corrected chi connectivity index (χ1v) is 10.4. The highest BCUT2D eigenvalue weighted by Gasteiger charge is 2.35. The number of carbonyl (C=O) groups is 3. The van der Waals surface area contributed by atoms with Crippen molar-refractivity contribution >= 4 is 29.2 Å². The summed E-state index contributed by atoms with van der Waals surface area (Å²) < 4.78 is 10.8. The Labute approximate surface area is 182 Å². The first-order valence-electron chi connectivity index (χ1n) is 10.4. The van der Waals surface area contributed by atoms with E-state index in [0.717, 1.165) is 11.4 Å². The number of benzene rings is 2. The molecule has 0 aliphatic carbocycles. The van der Waals surface area contributed by atoms with E-state index in [1.807, 2.05) is 38.1 Å². The second-order valence-electron chi connectivity index (χ2n) is 8.09. The molecule has 0 bridgehead atoms. The minimum absolute atomic E-state index is 0.0715. The molecule has 1 N–H and O–H groups in total. The molecule has 2 aromatic carbocycles. The molecule has 3 rings (SSSR count). The van der Waals surface area contributed by atoms with E-state index in [1.54, 1.807) is 43.0 Å². The van der Waals surface area contributed by atoms with E-state index in [0.29, 0.717) is 17.8 Å². The van der Waals surface area contributed by atoms with Gasteiger partial charge in [0.15, 0.2) is 0 Å². The van der Waals surface area contributed by atoms with E-state index in [9.17, 15) is 14.4 Å². The van der Waals surface area contributed by atoms with Crippen molar-refractivity contribution in [1.82, 2.24) is 0 Å². The molecular formula is C24H28N2O5.